The molecule has 7 nitrogen and oxygen atoms in total. The van der Waals surface area contributed by atoms with Crippen molar-refractivity contribution in [2.45, 2.75) is 75.7 Å². The van der Waals surface area contributed by atoms with Gasteiger partial charge >= 0.3 is 0 Å². The van der Waals surface area contributed by atoms with Gasteiger partial charge in [-0.1, -0.05) is 60.7 Å². The second-order valence-electron chi connectivity index (χ2n) is 10.5. The Balaban J connectivity index is 1.49. The second kappa shape index (κ2) is 13.7. The number of carbonyl (C=O) groups is 2. The fourth-order valence-electron chi connectivity index (χ4n) is 5.72. The van der Waals surface area contributed by atoms with Crippen LogP contribution in [0, 0.1) is 0 Å². The normalized spacial score (nSPS) is 24.1. The van der Waals surface area contributed by atoms with Crippen molar-refractivity contribution >= 4 is 11.8 Å². The zero-order chi connectivity index (χ0) is 26.0. The lowest BCUT2D eigenvalue weighted by Crippen LogP contribution is -2.59. The number of nitrogens with zero attached hydrogens (tertiary/aromatic N) is 2. The number of carbonyl (C=O) groups excluding carboxylic acids is 2. The van der Waals surface area contributed by atoms with Gasteiger partial charge in [-0.25, -0.2) is 0 Å². The Kier molecular flexibility index (Phi) is 10.1. The molecule has 2 aromatic rings. The Labute approximate surface area is 221 Å². The zero-order valence-corrected chi connectivity index (χ0v) is 22.1. The molecule has 37 heavy (non-hydrogen) atoms. The van der Waals surface area contributed by atoms with E-state index in [4.69, 9.17) is 10.5 Å². The van der Waals surface area contributed by atoms with Crippen molar-refractivity contribution < 1.29 is 14.3 Å². The average molecular weight is 507 g/mol. The summed E-state index contributed by atoms with van der Waals surface area (Å²) in [6.07, 6.45) is 6.03. The predicted molar refractivity (Wildman–Crippen MR) is 146 cm³/mol. The average Bonchev–Trinajstić information content (AvgIpc) is 2.93. The van der Waals surface area contributed by atoms with Gasteiger partial charge in [0.05, 0.1) is 0 Å². The number of rotatable bonds is 10. The molecule has 2 atom stereocenters. The highest BCUT2D eigenvalue weighted by Crippen LogP contribution is 2.26. The topological polar surface area (TPSA) is 87.9 Å². The molecule has 1 saturated carbocycles. The lowest BCUT2D eigenvalue weighted by Gasteiger charge is -2.43. The van der Waals surface area contributed by atoms with Crippen LogP contribution in [0.4, 0.5) is 0 Å². The molecular formula is C30H42N4O3. The van der Waals surface area contributed by atoms with Crippen molar-refractivity contribution in [3.63, 3.8) is 0 Å². The van der Waals surface area contributed by atoms with E-state index in [1.165, 1.54) is 18.2 Å². The summed E-state index contributed by atoms with van der Waals surface area (Å²) in [6, 6.07) is 21.1. The van der Waals surface area contributed by atoms with Gasteiger partial charge in [-0.15, -0.1) is 0 Å². The number of likely N-dealkylation sites (tertiary alicyclic amines) is 1. The van der Waals surface area contributed by atoms with E-state index in [-0.39, 0.29) is 36.5 Å². The van der Waals surface area contributed by atoms with Crippen LogP contribution in [0.15, 0.2) is 60.7 Å². The lowest BCUT2D eigenvalue weighted by atomic mass is 9.90. The van der Waals surface area contributed by atoms with Crippen molar-refractivity contribution in [2.24, 2.45) is 5.73 Å². The van der Waals surface area contributed by atoms with E-state index in [9.17, 15) is 9.59 Å². The summed E-state index contributed by atoms with van der Waals surface area (Å²) in [5.41, 5.74) is 8.63. The SMILES string of the molecule is COCC(=O)N1CCC(N(CCc2ccccc2)Cc2ccccc2)C[C@@H]1C(=O)NC1CCC(N)CC1. The number of benzene rings is 2. The summed E-state index contributed by atoms with van der Waals surface area (Å²) in [6.45, 7) is 2.26. The second-order valence-corrected chi connectivity index (χ2v) is 10.5. The molecule has 0 spiro atoms. The fourth-order valence-corrected chi connectivity index (χ4v) is 5.72. The lowest BCUT2D eigenvalue weighted by molar-refractivity contribution is -0.147. The number of nitrogens with one attached hydrogen (secondary N) is 1. The first kappa shape index (κ1) is 27.3. The number of ether oxygens (including phenoxy) is 1. The van der Waals surface area contributed by atoms with Gasteiger partial charge in [-0.2, -0.15) is 0 Å². The zero-order valence-electron chi connectivity index (χ0n) is 22.1. The first-order valence-corrected chi connectivity index (χ1v) is 13.7. The monoisotopic (exact) mass is 506 g/mol. The van der Waals surface area contributed by atoms with E-state index in [0.717, 1.165) is 51.6 Å². The summed E-state index contributed by atoms with van der Waals surface area (Å²) < 4.78 is 5.14. The third-order valence-corrected chi connectivity index (χ3v) is 7.86. The van der Waals surface area contributed by atoms with Crippen molar-refractivity contribution in [3.05, 3.63) is 71.8 Å². The molecule has 2 amide bonds. The van der Waals surface area contributed by atoms with E-state index in [0.29, 0.717) is 13.0 Å². The molecule has 7 heteroatoms. The number of nitrogens with two attached hydrogens (primary N) is 1. The Bertz CT molecular complexity index is 979. The number of hydrogen-bond donors (Lipinski definition) is 2. The number of amides is 2. The van der Waals surface area contributed by atoms with Gasteiger partial charge in [0.1, 0.15) is 12.6 Å². The molecule has 0 bridgehead atoms. The number of hydrogen-bond acceptors (Lipinski definition) is 5. The first-order chi connectivity index (χ1) is 18.0. The summed E-state index contributed by atoms with van der Waals surface area (Å²) in [4.78, 5) is 30.7. The number of methoxy groups -OCH3 is 1. The van der Waals surface area contributed by atoms with E-state index in [1.807, 2.05) is 12.1 Å². The van der Waals surface area contributed by atoms with Crippen molar-refractivity contribution in [1.82, 2.24) is 15.1 Å². The molecule has 4 rings (SSSR count). The van der Waals surface area contributed by atoms with Crippen molar-refractivity contribution in [1.29, 1.82) is 0 Å². The third-order valence-electron chi connectivity index (χ3n) is 7.86. The molecule has 1 heterocycles. The molecule has 3 N–H and O–H groups in total. The largest absolute Gasteiger partial charge is 0.375 e. The highest BCUT2D eigenvalue weighted by Gasteiger charge is 2.39. The smallest absolute Gasteiger partial charge is 0.249 e. The Hall–Kier alpha value is -2.74. The predicted octanol–water partition coefficient (Wildman–Crippen LogP) is 3.12. The highest BCUT2D eigenvalue weighted by atomic mass is 16.5. The molecule has 1 aliphatic heterocycles. The van der Waals surface area contributed by atoms with Gasteiger partial charge in [0.25, 0.3) is 0 Å². The molecule has 2 aliphatic rings. The summed E-state index contributed by atoms with van der Waals surface area (Å²) in [5, 5.41) is 3.26. The molecule has 1 unspecified atom stereocenters. The van der Waals surface area contributed by atoms with E-state index in [2.05, 4.69) is 58.7 Å². The van der Waals surface area contributed by atoms with Crippen LogP contribution in [0.5, 0.6) is 0 Å². The molecule has 1 saturated heterocycles. The third kappa shape index (κ3) is 7.87. The van der Waals surface area contributed by atoms with Crippen LogP contribution in [-0.2, 0) is 27.3 Å². The summed E-state index contributed by atoms with van der Waals surface area (Å²) >= 11 is 0. The Morgan fingerprint density at radius 2 is 1.62 bits per heavy atom. The van der Waals surface area contributed by atoms with Gasteiger partial charge in [0.15, 0.2) is 0 Å². The molecular weight excluding hydrogens is 464 g/mol. The van der Waals surface area contributed by atoms with Crippen LogP contribution in [0.3, 0.4) is 0 Å². The van der Waals surface area contributed by atoms with Crippen LogP contribution in [0.1, 0.15) is 49.7 Å². The summed E-state index contributed by atoms with van der Waals surface area (Å²) in [7, 11) is 1.52. The van der Waals surface area contributed by atoms with Crippen LogP contribution in [-0.4, -0.2) is 72.6 Å². The van der Waals surface area contributed by atoms with Gasteiger partial charge in [-0.3, -0.25) is 14.5 Å². The van der Waals surface area contributed by atoms with Crippen molar-refractivity contribution in [2.75, 3.05) is 26.8 Å². The summed E-state index contributed by atoms with van der Waals surface area (Å²) in [5.74, 6) is -0.164. The molecule has 2 aromatic carbocycles. The molecule has 1 aliphatic carbocycles. The van der Waals surface area contributed by atoms with E-state index < -0.39 is 6.04 Å². The molecule has 0 aromatic heterocycles. The van der Waals surface area contributed by atoms with Crippen LogP contribution in [0.25, 0.3) is 0 Å². The van der Waals surface area contributed by atoms with E-state index in [1.54, 1.807) is 4.90 Å². The Morgan fingerprint density at radius 1 is 0.973 bits per heavy atom. The molecule has 2 fully saturated rings. The Morgan fingerprint density at radius 3 is 2.27 bits per heavy atom. The number of piperidine rings is 1. The van der Waals surface area contributed by atoms with Gasteiger partial charge < -0.3 is 20.7 Å². The maximum Gasteiger partial charge on any atom is 0.249 e. The van der Waals surface area contributed by atoms with Crippen LogP contribution in [0.2, 0.25) is 0 Å². The molecule has 200 valence electrons. The van der Waals surface area contributed by atoms with Crippen molar-refractivity contribution in [3.8, 4) is 0 Å². The van der Waals surface area contributed by atoms with Crippen LogP contribution < -0.4 is 11.1 Å². The van der Waals surface area contributed by atoms with Gasteiger partial charge in [0, 0.05) is 44.9 Å². The minimum atomic E-state index is -0.494. The highest BCUT2D eigenvalue weighted by molar-refractivity contribution is 5.88. The maximum atomic E-state index is 13.6. The quantitative estimate of drug-likeness (QED) is 0.517. The minimum absolute atomic E-state index is 0.00549. The standard InChI is InChI=1S/C30H42N4O3/c1-37-22-29(35)34-19-17-27(20-28(34)30(36)32-26-14-12-25(31)13-15-26)33(21-24-10-6-3-7-11-24)18-16-23-8-4-2-5-9-23/h2-11,25-28H,12-22,31H2,1H3,(H,32,36)/t25?,26?,27?,28-/m1/s1. The van der Waals surface area contributed by atoms with E-state index >= 15 is 0 Å². The van der Waals surface area contributed by atoms with Crippen LogP contribution >= 0.6 is 0 Å². The van der Waals surface area contributed by atoms with Gasteiger partial charge in [0.2, 0.25) is 11.8 Å². The fraction of sp³-hybridized carbons (Fsp3) is 0.533. The first-order valence-electron chi connectivity index (χ1n) is 13.7. The van der Waals surface area contributed by atoms with Gasteiger partial charge in [-0.05, 0) is 56.1 Å². The minimum Gasteiger partial charge on any atom is -0.375 e. The maximum absolute atomic E-state index is 13.6. The molecule has 0 radical (unpaired) electrons.